The highest BCUT2D eigenvalue weighted by Crippen LogP contribution is 2.85. The highest BCUT2D eigenvalue weighted by Gasteiger charge is 3.05. The van der Waals surface area contributed by atoms with Gasteiger partial charge in [0.05, 0.1) is 28.9 Å². The van der Waals surface area contributed by atoms with Gasteiger partial charge in [0.15, 0.2) is 23.9 Å². The fourth-order valence-corrected chi connectivity index (χ4v) is 10.1. The minimum Gasteiger partial charge on any atom is -0.456 e. The number of ether oxygens (including phenoxy) is 6. The van der Waals surface area contributed by atoms with Crippen molar-refractivity contribution in [3.8, 4) is 0 Å². The summed E-state index contributed by atoms with van der Waals surface area (Å²) in [7, 11) is 0. The van der Waals surface area contributed by atoms with Crippen molar-refractivity contribution in [2.45, 2.75) is 82.3 Å². The van der Waals surface area contributed by atoms with Gasteiger partial charge in [-0.25, -0.2) is 14.4 Å². The molecule has 12 heteroatoms. The smallest absolute Gasteiger partial charge is 0.343 e. The summed E-state index contributed by atoms with van der Waals surface area (Å²) in [5.74, 6) is -5.72. The summed E-state index contributed by atoms with van der Waals surface area (Å²) in [4.78, 5) is 54.9. The van der Waals surface area contributed by atoms with E-state index in [1.165, 1.54) is 6.92 Å². The summed E-state index contributed by atoms with van der Waals surface area (Å²) in [5, 5.41) is 25.0. The van der Waals surface area contributed by atoms with E-state index >= 15 is 0 Å². The Morgan fingerprint density at radius 2 is 1.57 bits per heavy atom. The van der Waals surface area contributed by atoms with Crippen LogP contribution in [0.2, 0.25) is 0 Å². The molecule has 0 radical (unpaired) electrons. The fraction of sp³-hybridized carbons (Fsp3) is 0.529. The van der Waals surface area contributed by atoms with Crippen molar-refractivity contribution >= 4 is 23.9 Å². The van der Waals surface area contributed by atoms with Crippen molar-refractivity contribution in [1.82, 2.24) is 0 Å². The van der Waals surface area contributed by atoms with E-state index in [1.54, 1.807) is 30.3 Å². The van der Waals surface area contributed by atoms with Gasteiger partial charge >= 0.3 is 23.9 Å². The van der Waals surface area contributed by atoms with Crippen molar-refractivity contribution in [2.24, 2.45) is 28.1 Å². The van der Waals surface area contributed by atoms with Gasteiger partial charge in [-0.2, -0.15) is 0 Å². The number of esters is 4. The molecule has 0 amide bonds. The lowest BCUT2D eigenvalue weighted by molar-refractivity contribution is -0.240. The van der Waals surface area contributed by atoms with Gasteiger partial charge in [-0.15, -0.1) is 0 Å². The maximum absolute atomic E-state index is 14.3. The average molecular weight is 635 g/mol. The van der Waals surface area contributed by atoms with Crippen LogP contribution in [0.5, 0.6) is 0 Å². The molecule has 8 rings (SSSR count). The molecule has 46 heavy (non-hydrogen) atoms. The van der Waals surface area contributed by atoms with E-state index in [1.807, 2.05) is 51.1 Å². The topological polar surface area (TPSA) is 164 Å². The average Bonchev–Trinajstić information content (AvgIpc) is 3.73. The molecule has 2 aromatic rings. The largest absolute Gasteiger partial charge is 0.456 e. The molecular weight excluding hydrogens is 600 g/mol. The monoisotopic (exact) mass is 634 g/mol. The molecule has 6 aliphatic rings. The zero-order chi connectivity index (χ0) is 32.6. The van der Waals surface area contributed by atoms with Crippen molar-refractivity contribution in [2.75, 3.05) is 0 Å². The maximum Gasteiger partial charge on any atom is 0.343 e. The van der Waals surface area contributed by atoms with E-state index in [4.69, 9.17) is 28.4 Å². The minimum atomic E-state index is -2.45. The Bertz CT molecular complexity index is 1650. The molecule has 12 atom stereocenters. The number of rotatable bonds is 5. The first-order valence-electron chi connectivity index (χ1n) is 15.4. The molecule has 4 heterocycles. The van der Waals surface area contributed by atoms with Crippen LogP contribution in [0, 0.1) is 28.1 Å². The van der Waals surface area contributed by atoms with Crippen molar-refractivity contribution in [3.05, 3.63) is 71.8 Å². The summed E-state index contributed by atoms with van der Waals surface area (Å²) in [6.07, 6.45) is -9.21. The molecule has 2 aromatic carbocycles. The van der Waals surface area contributed by atoms with Crippen LogP contribution in [0.3, 0.4) is 0 Å². The van der Waals surface area contributed by atoms with Crippen LogP contribution in [-0.4, -0.2) is 82.1 Å². The summed E-state index contributed by atoms with van der Waals surface area (Å²) in [5.41, 5.74) is -8.57. The maximum atomic E-state index is 14.3. The Hall–Kier alpha value is -3.84. The first kappa shape index (κ1) is 29.6. The second kappa shape index (κ2) is 9.15. The Labute approximate surface area is 263 Å². The van der Waals surface area contributed by atoms with E-state index in [-0.39, 0.29) is 12.2 Å². The molecular formula is C34H34O12. The summed E-state index contributed by atoms with van der Waals surface area (Å²) in [6.45, 7) is 6.92. The van der Waals surface area contributed by atoms with Crippen LogP contribution < -0.4 is 0 Å². The number of carbonyl (C=O) groups is 4. The number of aliphatic hydroxyl groups excluding tert-OH is 1. The fourth-order valence-electron chi connectivity index (χ4n) is 10.1. The Morgan fingerprint density at radius 1 is 0.913 bits per heavy atom. The van der Waals surface area contributed by atoms with Crippen molar-refractivity contribution in [1.29, 1.82) is 0 Å². The van der Waals surface area contributed by atoms with Crippen LogP contribution in [0.4, 0.5) is 0 Å². The number of hydrogen-bond donors (Lipinski definition) is 2. The van der Waals surface area contributed by atoms with Crippen LogP contribution >= 0.6 is 0 Å². The lowest BCUT2D eigenvalue weighted by Gasteiger charge is -2.48. The molecule has 4 saturated heterocycles. The molecule has 2 saturated carbocycles. The lowest BCUT2D eigenvalue weighted by atomic mass is 9.51. The van der Waals surface area contributed by atoms with Crippen LogP contribution in [-0.2, 0) is 49.4 Å². The molecule has 6 fully saturated rings. The van der Waals surface area contributed by atoms with E-state index in [0.717, 1.165) is 5.56 Å². The molecule has 2 spiro atoms. The number of aliphatic hydroxyl groups is 2. The molecule has 242 valence electrons. The van der Waals surface area contributed by atoms with Gasteiger partial charge in [0.1, 0.15) is 12.2 Å². The van der Waals surface area contributed by atoms with Gasteiger partial charge < -0.3 is 38.6 Å². The lowest BCUT2D eigenvalue weighted by Crippen LogP contribution is -2.67. The van der Waals surface area contributed by atoms with Crippen LogP contribution in [0.1, 0.15) is 43.6 Å². The predicted octanol–water partition coefficient (Wildman–Crippen LogP) is 1.69. The number of carbonyl (C=O) groups excluding carboxylic acids is 4. The van der Waals surface area contributed by atoms with Gasteiger partial charge in [-0.1, -0.05) is 69.3 Å². The Morgan fingerprint density at radius 3 is 2.22 bits per heavy atom. The van der Waals surface area contributed by atoms with Gasteiger partial charge in [-0.05, 0) is 30.0 Å². The van der Waals surface area contributed by atoms with Gasteiger partial charge in [-0.3, -0.25) is 4.79 Å². The van der Waals surface area contributed by atoms with E-state index < -0.39 is 100.0 Å². The first-order chi connectivity index (χ1) is 21.8. The molecule has 2 N–H and O–H groups in total. The van der Waals surface area contributed by atoms with Crippen molar-refractivity contribution in [3.63, 3.8) is 0 Å². The van der Waals surface area contributed by atoms with Crippen LogP contribution in [0.25, 0.3) is 0 Å². The van der Waals surface area contributed by atoms with Gasteiger partial charge in [0.2, 0.25) is 11.9 Å². The highest BCUT2D eigenvalue weighted by atomic mass is 16.8. The normalized spacial score (nSPS) is 44.6. The number of hydrogen-bond acceptors (Lipinski definition) is 12. The second-order valence-electron chi connectivity index (χ2n) is 14.3. The quantitative estimate of drug-likeness (QED) is 0.362. The third kappa shape index (κ3) is 3.00. The minimum absolute atomic E-state index is 0.0574. The van der Waals surface area contributed by atoms with Gasteiger partial charge in [0.25, 0.3) is 0 Å². The van der Waals surface area contributed by atoms with Gasteiger partial charge in [0, 0.05) is 5.92 Å². The predicted molar refractivity (Wildman–Crippen MR) is 152 cm³/mol. The molecule has 4 aliphatic heterocycles. The molecule has 0 aromatic heterocycles. The third-order valence-corrected chi connectivity index (χ3v) is 11.4. The summed E-state index contributed by atoms with van der Waals surface area (Å²) < 4.78 is 36.7. The van der Waals surface area contributed by atoms with Crippen molar-refractivity contribution < 1.29 is 57.8 Å². The summed E-state index contributed by atoms with van der Waals surface area (Å²) in [6, 6.07) is 17.3. The Kier molecular flexibility index (Phi) is 5.88. The summed E-state index contributed by atoms with van der Waals surface area (Å²) >= 11 is 0. The first-order valence-corrected chi connectivity index (χ1v) is 15.4. The third-order valence-electron chi connectivity index (χ3n) is 11.4. The van der Waals surface area contributed by atoms with Crippen LogP contribution in [0.15, 0.2) is 60.7 Å². The number of fused-ring (bicyclic) bond motifs is 1. The SMILES string of the molecule is C[C@@H]1C(=O)OC2C(O)C34C5OC(=O)C3(OC3OC(=O)[C@H](OCc6ccccc6)C34C(C(C)(C)C)[C@H]5OC(=O)c3ccccc3)[C@]21O. The molecule has 2 aliphatic carbocycles. The highest BCUT2D eigenvalue weighted by molar-refractivity contribution is 5.95. The Balaban J connectivity index is 1.38. The zero-order valence-corrected chi connectivity index (χ0v) is 25.6. The van der Waals surface area contributed by atoms with E-state index in [2.05, 4.69) is 0 Å². The standard InChI is InChI=1S/C34H34O12/c1-16-25(36)43-23-21(35)32-22-19(42-26(37)18-13-9-6-10-14-18)20(30(2,3)4)31(32)24(41-15-17-11-7-5-8-12-17)27(38)45-29(31)46-34(32,28(39)44-22)33(16,23)40/h5-14,16,19-24,29,35,40H,15H2,1-4H3/t16-,19-,20?,21?,22?,23?,24+,29?,31?,32?,33-,34?/m1/s1. The van der Waals surface area contributed by atoms with E-state index in [9.17, 15) is 29.4 Å². The number of benzene rings is 2. The zero-order valence-electron chi connectivity index (χ0n) is 25.6. The second-order valence-corrected chi connectivity index (χ2v) is 14.3. The molecule has 12 nitrogen and oxygen atoms in total. The molecule has 0 bridgehead atoms. The molecule has 8 unspecified atom stereocenters. The van der Waals surface area contributed by atoms with E-state index in [0.29, 0.717) is 0 Å².